The highest BCUT2D eigenvalue weighted by Gasteiger charge is 2.30. The number of sulfonamides is 1. The number of amides is 1. The van der Waals surface area contributed by atoms with Crippen LogP contribution in [0.1, 0.15) is 32.0 Å². The van der Waals surface area contributed by atoms with Crippen molar-refractivity contribution in [3.8, 4) is 5.75 Å². The van der Waals surface area contributed by atoms with Crippen molar-refractivity contribution in [2.45, 2.75) is 44.2 Å². The normalized spacial score (nSPS) is 14.4. The standard InChI is InChI=1S/C18H24N4O5S/c1-18(2,3)27-17(23)22-10-9-15-14(11-22)16(20-19-15)21-28(24,25)13-7-5-12(26-4)6-8-13/h5-8H,9-11H2,1-4H3,(H2,19,20,21). The summed E-state index contributed by atoms with van der Waals surface area (Å²) in [6.45, 7) is 6.07. The molecule has 0 atom stereocenters. The van der Waals surface area contributed by atoms with Crippen molar-refractivity contribution in [1.82, 2.24) is 15.1 Å². The Morgan fingerprint density at radius 2 is 1.93 bits per heavy atom. The van der Waals surface area contributed by atoms with Crippen LogP contribution in [0.3, 0.4) is 0 Å². The quantitative estimate of drug-likeness (QED) is 0.804. The van der Waals surface area contributed by atoms with Gasteiger partial charge in [0.25, 0.3) is 10.0 Å². The second kappa shape index (κ2) is 7.34. The molecule has 10 heteroatoms. The molecule has 28 heavy (non-hydrogen) atoms. The van der Waals surface area contributed by atoms with Crippen LogP contribution < -0.4 is 9.46 Å². The topological polar surface area (TPSA) is 114 Å². The van der Waals surface area contributed by atoms with Crippen LogP contribution in [0.15, 0.2) is 29.2 Å². The number of nitrogens with zero attached hydrogens (tertiary/aromatic N) is 2. The first kappa shape index (κ1) is 20.0. The number of anilines is 1. The fourth-order valence-electron chi connectivity index (χ4n) is 2.80. The first-order chi connectivity index (χ1) is 13.1. The molecule has 1 aromatic carbocycles. The number of hydrogen-bond acceptors (Lipinski definition) is 6. The largest absolute Gasteiger partial charge is 0.497 e. The van der Waals surface area contributed by atoms with Gasteiger partial charge in [-0.2, -0.15) is 5.10 Å². The Morgan fingerprint density at radius 3 is 2.54 bits per heavy atom. The van der Waals surface area contributed by atoms with Crippen LogP contribution in [0, 0.1) is 0 Å². The Labute approximate surface area is 164 Å². The number of benzene rings is 1. The number of rotatable bonds is 4. The van der Waals surface area contributed by atoms with Gasteiger partial charge in [-0.1, -0.05) is 0 Å². The summed E-state index contributed by atoms with van der Waals surface area (Å²) in [6.07, 6.45) is 0.0922. The summed E-state index contributed by atoms with van der Waals surface area (Å²) in [6, 6.07) is 6.04. The smallest absolute Gasteiger partial charge is 0.410 e. The zero-order valence-electron chi connectivity index (χ0n) is 16.3. The highest BCUT2D eigenvalue weighted by Crippen LogP contribution is 2.27. The third kappa shape index (κ3) is 4.38. The monoisotopic (exact) mass is 408 g/mol. The molecule has 2 N–H and O–H groups in total. The summed E-state index contributed by atoms with van der Waals surface area (Å²) < 4.78 is 38.3. The van der Waals surface area contributed by atoms with Crippen molar-refractivity contribution in [1.29, 1.82) is 0 Å². The molecule has 0 radical (unpaired) electrons. The van der Waals surface area contributed by atoms with Crippen LogP contribution in [0.5, 0.6) is 5.75 Å². The van der Waals surface area contributed by atoms with Crippen molar-refractivity contribution in [2.75, 3.05) is 18.4 Å². The van der Waals surface area contributed by atoms with Crippen molar-refractivity contribution < 1.29 is 22.7 Å². The van der Waals surface area contributed by atoms with Gasteiger partial charge in [-0.05, 0) is 45.0 Å². The number of aromatic nitrogens is 2. The molecule has 0 saturated carbocycles. The Balaban J connectivity index is 1.79. The van der Waals surface area contributed by atoms with E-state index in [1.54, 1.807) is 32.9 Å². The lowest BCUT2D eigenvalue weighted by Gasteiger charge is -2.30. The van der Waals surface area contributed by atoms with E-state index in [0.717, 1.165) is 5.69 Å². The second-order valence-corrected chi connectivity index (χ2v) is 9.14. The molecule has 0 unspecified atom stereocenters. The van der Waals surface area contributed by atoms with Gasteiger partial charge in [0, 0.05) is 24.2 Å². The van der Waals surface area contributed by atoms with E-state index in [2.05, 4.69) is 14.9 Å². The number of H-pyrrole nitrogens is 1. The average Bonchev–Trinajstić information content (AvgIpc) is 3.02. The molecule has 0 fully saturated rings. The Kier molecular flexibility index (Phi) is 5.24. The van der Waals surface area contributed by atoms with Crippen LogP contribution in [-0.4, -0.2) is 48.9 Å². The zero-order valence-corrected chi connectivity index (χ0v) is 17.1. The molecule has 3 rings (SSSR count). The summed E-state index contributed by atoms with van der Waals surface area (Å²) in [5.74, 6) is 0.739. The van der Waals surface area contributed by atoms with Gasteiger partial charge in [0.05, 0.1) is 18.6 Å². The molecule has 1 amide bonds. The predicted octanol–water partition coefficient (Wildman–Crippen LogP) is 2.51. The van der Waals surface area contributed by atoms with E-state index in [1.165, 1.54) is 24.1 Å². The number of carbonyl (C=O) groups is 1. The maximum atomic E-state index is 12.7. The summed E-state index contributed by atoms with van der Waals surface area (Å²) in [7, 11) is -2.32. The van der Waals surface area contributed by atoms with Gasteiger partial charge in [-0.15, -0.1) is 0 Å². The minimum Gasteiger partial charge on any atom is -0.497 e. The first-order valence-corrected chi connectivity index (χ1v) is 10.3. The molecule has 0 aliphatic carbocycles. The van der Waals surface area contributed by atoms with Crippen molar-refractivity contribution in [3.05, 3.63) is 35.5 Å². The number of ether oxygens (including phenoxy) is 2. The maximum absolute atomic E-state index is 12.7. The Bertz CT molecular complexity index is 961. The number of aromatic amines is 1. The van der Waals surface area contributed by atoms with Crippen LogP contribution in [0.25, 0.3) is 0 Å². The molecule has 1 aliphatic heterocycles. The highest BCUT2D eigenvalue weighted by atomic mass is 32.2. The van der Waals surface area contributed by atoms with Gasteiger partial charge < -0.3 is 14.4 Å². The van der Waals surface area contributed by atoms with Gasteiger partial charge >= 0.3 is 6.09 Å². The molecule has 9 nitrogen and oxygen atoms in total. The fraction of sp³-hybridized carbons (Fsp3) is 0.444. The number of carbonyl (C=O) groups excluding carboxylic acids is 1. The minimum absolute atomic E-state index is 0.0878. The molecule has 1 aromatic heterocycles. The van der Waals surface area contributed by atoms with E-state index in [-0.39, 0.29) is 17.3 Å². The van der Waals surface area contributed by atoms with Gasteiger partial charge in [0.1, 0.15) is 11.4 Å². The van der Waals surface area contributed by atoms with Crippen LogP contribution in [0.4, 0.5) is 10.6 Å². The Morgan fingerprint density at radius 1 is 1.25 bits per heavy atom. The molecule has 0 spiro atoms. The van der Waals surface area contributed by atoms with Crippen molar-refractivity contribution in [3.63, 3.8) is 0 Å². The van der Waals surface area contributed by atoms with E-state index in [0.29, 0.717) is 24.3 Å². The molecular weight excluding hydrogens is 384 g/mol. The maximum Gasteiger partial charge on any atom is 0.410 e. The highest BCUT2D eigenvalue weighted by molar-refractivity contribution is 7.92. The number of fused-ring (bicyclic) bond motifs is 1. The van der Waals surface area contributed by atoms with Gasteiger partial charge in [0.15, 0.2) is 5.82 Å². The van der Waals surface area contributed by atoms with Crippen LogP contribution >= 0.6 is 0 Å². The summed E-state index contributed by atoms with van der Waals surface area (Å²) in [4.78, 5) is 14.0. The first-order valence-electron chi connectivity index (χ1n) is 8.80. The average molecular weight is 408 g/mol. The molecule has 2 aromatic rings. The van der Waals surface area contributed by atoms with E-state index in [1.807, 2.05) is 0 Å². The second-order valence-electron chi connectivity index (χ2n) is 7.46. The lowest BCUT2D eigenvalue weighted by Crippen LogP contribution is -2.40. The predicted molar refractivity (Wildman–Crippen MR) is 103 cm³/mol. The van der Waals surface area contributed by atoms with E-state index in [4.69, 9.17) is 9.47 Å². The fourth-order valence-corrected chi connectivity index (χ4v) is 3.84. The SMILES string of the molecule is COc1ccc(S(=O)(=O)Nc2n[nH]c3c2CN(C(=O)OC(C)(C)C)CC3)cc1. The van der Waals surface area contributed by atoms with Gasteiger partial charge in [0.2, 0.25) is 0 Å². The molecular formula is C18H24N4O5S. The molecule has 2 heterocycles. The van der Waals surface area contributed by atoms with Crippen molar-refractivity contribution >= 4 is 21.9 Å². The number of methoxy groups -OCH3 is 1. The van der Waals surface area contributed by atoms with E-state index < -0.39 is 21.7 Å². The third-order valence-corrected chi connectivity index (χ3v) is 5.54. The van der Waals surface area contributed by atoms with Gasteiger partial charge in [-0.25, -0.2) is 13.2 Å². The number of hydrogen-bond donors (Lipinski definition) is 2. The summed E-state index contributed by atoms with van der Waals surface area (Å²) in [5, 5.41) is 6.94. The van der Waals surface area contributed by atoms with Crippen LogP contribution in [0.2, 0.25) is 0 Å². The molecule has 0 bridgehead atoms. The molecule has 152 valence electrons. The van der Waals surface area contributed by atoms with Crippen LogP contribution in [-0.2, 0) is 27.7 Å². The van der Waals surface area contributed by atoms with Crippen molar-refractivity contribution in [2.24, 2.45) is 0 Å². The van der Waals surface area contributed by atoms with E-state index in [9.17, 15) is 13.2 Å². The Hall–Kier alpha value is -2.75. The minimum atomic E-state index is -3.83. The zero-order chi connectivity index (χ0) is 20.5. The third-order valence-electron chi connectivity index (χ3n) is 4.19. The number of nitrogens with one attached hydrogen (secondary N) is 2. The summed E-state index contributed by atoms with van der Waals surface area (Å²) in [5.41, 5.74) is 0.827. The molecule has 0 saturated heterocycles. The summed E-state index contributed by atoms with van der Waals surface area (Å²) >= 11 is 0. The lowest BCUT2D eigenvalue weighted by molar-refractivity contribution is 0.0224. The van der Waals surface area contributed by atoms with Gasteiger partial charge in [-0.3, -0.25) is 9.82 Å². The lowest BCUT2D eigenvalue weighted by atomic mass is 10.1. The van der Waals surface area contributed by atoms with E-state index >= 15 is 0 Å². The molecule has 1 aliphatic rings.